The van der Waals surface area contributed by atoms with Gasteiger partial charge in [0.2, 0.25) is 0 Å². The number of hydrogen-bond acceptors (Lipinski definition) is 4. The monoisotopic (exact) mass is 339 g/mol. The second-order valence-corrected chi connectivity index (χ2v) is 5.31. The van der Waals surface area contributed by atoms with Crippen molar-refractivity contribution in [3.05, 3.63) is 48.0 Å². The van der Waals surface area contributed by atoms with Crippen LogP contribution < -0.4 is 14.8 Å². The lowest BCUT2D eigenvalue weighted by Gasteiger charge is -2.11. The highest BCUT2D eigenvalue weighted by molar-refractivity contribution is 7.98. The van der Waals surface area contributed by atoms with Crippen LogP contribution in [0.25, 0.3) is 0 Å². The van der Waals surface area contributed by atoms with Crippen molar-refractivity contribution < 1.29 is 23.0 Å². The fourth-order valence-corrected chi connectivity index (χ4v) is 2.29. The van der Waals surface area contributed by atoms with Gasteiger partial charge < -0.3 is 14.8 Å². The lowest BCUT2D eigenvalue weighted by molar-refractivity contribution is -0.0512. The molecule has 0 aliphatic carbocycles. The second kappa shape index (κ2) is 7.82. The number of amides is 1. The number of hydrogen-bond donors (Lipinski definition) is 1. The van der Waals surface area contributed by atoms with Gasteiger partial charge in [-0.1, -0.05) is 0 Å². The summed E-state index contributed by atoms with van der Waals surface area (Å²) in [7, 11) is 1.32. The van der Waals surface area contributed by atoms with Gasteiger partial charge in [-0.2, -0.15) is 8.78 Å². The summed E-state index contributed by atoms with van der Waals surface area (Å²) in [6.45, 7) is -2.96. The molecule has 1 amide bonds. The summed E-state index contributed by atoms with van der Waals surface area (Å²) in [4.78, 5) is 13.3. The van der Waals surface area contributed by atoms with Crippen LogP contribution in [0.2, 0.25) is 0 Å². The Kier molecular flexibility index (Phi) is 5.81. The Morgan fingerprint density at radius 1 is 1.13 bits per heavy atom. The number of ether oxygens (including phenoxy) is 2. The van der Waals surface area contributed by atoms with Crippen molar-refractivity contribution in [2.45, 2.75) is 11.5 Å². The third-order valence-electron chi connectivity index (χ3n) is 2.99. The predicted molar refractivity (Wildman–Crippen MR) is 85.8 cm³/mol. The number of methoxy groups -OCH3 is 1. The van der Waals surface area contributed by atoms with E-state index in [4.69, 9.17) is 4.74 Å². The van der Waals surface area contributed by atoms with Crippen LogP contribution in [-0.4, -0.2) is 25.9 Å². The average Bonchev–Trinajstić information content (AvgIpc) is 2.55. The van der Waals surface area contributed by atoms with Crippen LogP contribution in [0.1, 0.15) is 10.4 Å². The third-order valence-corrected chi connectivity index (χ3v) is 3.73. The standard InChI is InChI=1S/C16H15F2NO3S/c1-21-14-9-10(3-8-13(14)22-16(17)18)15(20)19-11-4-6-12(23-2)7-5-11/h3-9,16H,1-2H3,(H,19,20). The number of nitrogens with one attached hydrogen (secondary N) is 1. The second-order valence-electron chi connectivity index (χ2n) is 4.43. The van der Waals surface area contributed by atoms with Crippen molar-refractivity contribution in [2.75, 3.05) is 18.7 Å². The molecule has 0 spiro atoms. The summed E-state index contributed by atoms with van der Waals surface area (Å²) in [6.07, 6.45) is 1.96. The molecule has 0 unspecified atom stereocenters. The van der Waals surface area contributed by atoms with Crippen molar-refractivity contribution >= 4 is 23.4 Å². The summed E-state index contributed by atoms with van der Waals surface area (Å²) < 4.78 is 33.9. The van der Waals surface area contributed by atoms with E-state index in [2.05, 4.69) is 10.1 Å². The number of halogens is 2. The highest BCUT2D eigenvalue weighted by atomic mass is 32.2. The molecule has 2 aromatic carbocycles. The maximum Gasteiger partial charge on any atom is 0.387 e. The maximum absolute atomic E-state index is 12.3. The van der Waals surface area contributed by atoms with Gasteiger partial charge in [0.1, 0.15) is 0 Å². The van der Waals surface area contributed by atoms with E-state index in [9.17, 15) is 13.6 Å². The van der Waals surface area contributed by atoms with Gasteiger partial charge in [-0.05, 0) is 48.7 Å². The lowest BCUT2D eigenvalue weighted by atomic mass is 10.2. The molecule has 0 bridgehead atoms. The van der Waals surface area contributed by atoms with Crippen LogP contribution in [0.4, 0.5) is 14.5 Å². The fraction of sp³-hybridized carbons (Fsp3) is 0.188. The molecule has 0 radical (unpaired) electrons. The number of anilines is 1. The predicted octanol–water partition coefficient (Wildman–Crippen LogP) is 4.27. The Bertz CT molecular complexity index is 678. The van der Waals surface area contributed by atoms with Crippen molar-refractivity contribution in [1.82, 2.24) is 0 Å². The molecule has 0 aliphatic heterocycles. The fourth-order valence-electron chi connectivity index (χ4n) is 1.88. The average molecular weight is 339 g/mol. The van der Waals surface area contributed by atoms with Gasteiger partial charge in [0.25, 0.3) is 5.91 Å². The van der Waals surface area contributed by atoms with Gasteiger partial charge >= 0.3 is 6.61 Å². The zero-order valence-electron chi connectivity index (χ0n) is 12.5. The van der Waals surface area contributed by atoms with E-state index < -0.39 is 6.61 Å². The SMILES string of the molecule is COc1cc(C(=O)Nc2ccc(SC)cc2)ccc1OC(F)F. The van der Waals surface area contributed by atoms with Crippen molar-refractivity contribution in [3.8, 4) is 11.5 Å². The molecule has 7 heteroatoms. The van der Waals surface area contributed by atoms with Gasteiger partial charge in [0.15, 0.2) is 11.5 Å². The Hall–Kier alpha value is -2.28. The first kappa shape index (κ1) is 17.1. The molecule has 0 aliphatic rings. The zero-order valence-corrected chi connectivity index (χ0v) is 13.3. The largest absolute Gasteiger partial charge is 0.493 e. The third kappa shape index (κ3) is 4.59. The van der Waals surface area contributed by atoms with E-state index in [0.29, 0.717) is 5.69 Å². The topological polar surface area (TPSA) is 47.6 Å². The van der Waals surface area contributed by atoms with Crippen LogP contribution in [0, 0.1) is 0 Å². The number of rotatable bonds is 6. The molecule has 2 rings (SSSR count). The number of alkyl halides is 2. The first-order valence-corrected chi connectivity index (χ1v) is 7.84. The summed E-state index contributed by atoms with van der Waals surface area (Å²) >= 11 is 1.60. The van der Waals surface area contributed by atoms with Gasteiger partial charge in [-0.15, -0.1) is 11.8 Å². The molecule has 0 fully saturated rings. The number of carbonyl (C=O) groups excluding carboxylic acids is 1. The summed E-state index contributed by atoms with van der Waals surface area (Å²) in [5.41, 5.74) is 0.914. The van der Waals surface area contributed by atoms with Crippen molar-refractivity contribution in [1.29, 1.82) is 0 Å². The molecule has 23 heavy (non-hydrogen) atoms. The highest BCUT2D eigenvalue weighted by Crippen LogP contribution is 2.29. The Balaban J connectivity index is 2.15. The minimum Gasteiger partial charge on any atom is -0.493 e. The highest BCUT2D eigenvalue weighted by Gasteiger charge is 2.14. The van der Waals surface area contributed by atoms with Crippen molar-refractivity contribution in [3.63, 3.8) is 0 Å². The molecule has 4 nitrogen and oxygen atoms in total. The van der Waals surface area contributed by atoms with Crippen LogP contribution in [0.5, 0.6) is 11.5 Å². The van der Waals surface area contributed by atoms with Gasteiger partial charge in [-0.3, -0.25) is 4.79 Å². The molecular formula is C16H15F2NO3S. The lowest BCUT2D eigenvalue weighted by Crippen LogP contribution is -2.12. The van der Waals surface area contributed by atoms with Crippen molar-refractivity contribution in [2.24, 2.45) is 0 Å². The minimum absolute atomic E-state index is 0.0654. The minimum atomic E-state index is -2.96. The van der Waals surface area contributed by atoms with Crippen LogP contribution >= 0.6 is 11.8 Å². The molecular weight excluding hydrogens is 324 g/mol. The molecule has 2 aromatic rings. The van der Waals surface area contributed by atoms with E-state index in [-0.39, 0.29) is 23.0 Å². The quantitative estimate of drug-likeness (QED) is 0.799. The smallest absolute Gasteiger partial charge is 0.387 e. The van der Waals surface area contributed by atoms with E-state index in [0.717, 1.165) is 4.90 Å². The summed E-state index contributed by atoms with van der Waals surface area (Å²) in [5, 5.41) is 2.73. The van der Waals surface area contributed by atoms with E-state index in [1.165, 1.54) is 25.3 Å². The van der Waals surface area contributed by atoms with Crippen LogP contribution in [0.3, 0.4) is 0 Å². The first-order valence-electron chi connectivity index (χ1n) is 6.61. The molecule has 0 saturated carbocycles. The number of carbonyl (C=O) groups is 1. The van der Waals surface area contributed by atoms with Crippen LogP contribution in [0.15, 0.2) is 47.4 Å². The molecule has 122 valence electrons. The first-order chi connectivity index (χ1) is 11.0. The Morgan fingerprint density at radius 3 is 2.39 bits per heavy atom. The maximum atomic E-state index is 12.3. The molecule has 0 saturated heterocycles. The van der Waals surface area contributed by atoms with Crippen LogP contribution in [-0.2, 0) is 0 Å². The van der Waals surface area contributed by atoms with Gasteiger partial charge in [0.05, 0.1) is 7.11 Å². The number of thioether (sulfide) groups is 1. The van der Waals surface area contributed by atoms with E-state index >= 15 is 0 Å². The summed E-state index contributed by atoms with van der Waals surface area (Å²) in [6, 6.07) is 11.4. The Labute approximate surface area is 136 Å². The molecule has 0 aromatic heterocycles. The normalized spacial score (nSPS) is 10.5. The van der Waals surface area contributed by atoms with Gasteiger partial charge in [-0.25, -0.2) is 0 Å². The molecule has 0 atom stereocenters. The Morgan fingerprint density at radius 2 is 1.83 bits per heavy atom. The van der Waals surface area contributed by atoms with E-state index in [1.54, 1.807) is 23.9 Å². The van der Waals surface area contributed by atoms with E-state index in [1.807, 2.05) is 18.4 Å². The van der Waals surface area contributed by atoms with Gasteiger partial charge in [0, 0.05) is 16.1 Å². The zero-order chi connectivity index (χ0) is 16.8. The summed E-state index contributed by atoms with van der Waals surface area (Å²) in [5.74, 6) is -0.428. The molecule has 1 N–H and O–H groups in total. The molecule has 0 heterocycles. The number of benzene rings is 2.